The van der Waals surface area contributed by atoms with E-state index in [1.54, 1.807) is 6.92 Å². The number of hydrogen-bond donors (Lipinski definition) is 2. The molecule has 1 amide bonds. The first-order chi connectivity index (χ1) is 9.95. The SMILES string of the molecule is CCCCCNC(=O)C(C)Oc1ccc([C@@H](C)N)cc1C. The highest BCUT2D eigenvalue weighted by atomic mass is 16.5. The van der Waals surface area contributed by atoms with Crippen molar-refractivity contribution in [1.82, 2.24) is 5.32 Å². The van der Waals surface area contributed by atoms with Crippen molar-refractivity contribution >= 4 is 5.91 Å². The number of nitrogens with one attached hydrogen (secondary N) is 1. The van der Waals surface area contributed by atoms with Crippen molar-refractivity contribution in [3.8, 4) is 5.75 Å². The summed E-state index contributed by atoms with van der Waals surface area (Å²) in [6.45, 7) is 8.54. The molecule has 1 rings (SSSR count). The van der Waals surface area contributed by atoms with E-state index < -0.39 is 6.10 Å². The molecule has 0 aliphatic carbocycles. The van der Waals surface area contributed by atoms with Crippen LogP contribution < -0.4 is 15.8 Å². The maximum atomic E-state index is 11.9. The zero-order chi connectivity index (χ0) is 15.8. The molecule has 1 aromatic carbocycles. The average molecular weight is 292 g/mol. The van der Waals surface area contributed by atoms with Crippen LogP contribution in [0, 0.1) is 6.92 Å². The molecule has 1 unspecified atom stereocenters. The zero-order valence-corrected chi connectivity index (χ0v) is 13.6. The first-order valence-electron chi connectivity index (χ1n) is 7.76. The number of rotatable bonds is 8. The standard InChI is InChI=1S/C17H28N2O2/c1-5-6-7-10-19-17(20)14(4)21-16-9-8-15(13(3)18)11-12(16)2/h8-9,11,13-14H,5-7,10,18H2,1-4H3,(H,19,20)/t13-,14?/m1/s1. The minimum atomic E-state index is -0.494. The molecular weight excluding hydrogens is 264 g/mol. The van der Waals surface area contributed by atoms with Gasteiger partial charge in [0.2, 0.25) is 0 Å². The van der Waals surface area contributed by atoms with Crippen LogP contribution >= 0.6 is 0 Å². The first-order valence-corrected chi connectivity index (χ1v) is 7.76. The summed E-state index contributed by atoms with van der Waals surface area (Å²) in [5.41, 5.74) is 7.92. The molecule has 0 fully saturated rings. The Hall–Kier alpha value is -1.55. The van der Waals surface area contributed by atoms with E-state index in [0.717, 1.165) is 36.1 Å². The molecule has 0 spiro atoms. The second-order valence-electron chi connectivity index (χ2n) is 5.57. The summed E-state index contributed by atoms with van der Waals surface area (Å²) in [5, 5.41) is 2.90. The van der Waals surface area contributed by atoms with Gasteiger partial charge in [0, 0.05) is 12.6 Å². The minimum absolute atomic E-state index is 0.00274. The predicted octanol–water partition coefficient (Wildman–Crippen LogP) is 3.09. The Balaban J connectivity index is 2.54. The highest BCUT2D eigenvalue weighted by Gasteiger charge is 2.15. The van der Waals surface area contributed by atoms with E-state index in [1.165, 1.54) is 0 Å². The van der Waals surface area contributed by atoms with Crippen molar-refractivity contribution in [2.24, 2.45) is 5.73 Å². The van der Waals surface area contributed by atoms with Crippen molar-refractivity contribution < 1.29 is 9.53 Å². The van der Waals surface area contributed by atoms with Crippen LogP contribution in [0.4, 0.5) is 0 Å². The second-order valence-corrected chi connectivity index (χ2v) is 5.57. The molecule has 1 aromatic rings. The van der Waals surface area contributed by atoms with Gasteiger partial charge < -0.3 is 15.8 Å². The molecule has 0 heterocycles. The van der Waals surface area contributed by atoms with E-state index in [1.807, 2.05) is 32.0 Å². The third-order valence-electron chi connectivity index (χ3n) is 3.48. The number of carbonyl (C=O) groups excluding carboxylic acids is 1. The summed E-state index contributed by atoms with van der Waals surface area (Å²) in [4.78, 5) is 11.9. The Bertz CT molecular complexity index is 458. The molecule has 0 aliphatic rings. The summed E-state index contributed by atoms with van der Waals surface area (Å²) < 4.78 is 5.75. The van der Waals surface area contributed by atoms with Crippen molar-refractivity contribution in [3.05, 3.63) is 29.3 Å². The molecule has 2 atom stereocenters. The van der Waals surface area contributed by atoms with Crippen LogP contribution in [0.2, 0.25) is 0 Å². The third kappa shape index (κ3) is 5.76. The van der Waals surface area contributed by atoms with Gasteiger partial charge in [-0.3, -0.25) is 4.79 Å². The van der Waals surface area contributed by atoms with Gasteiger partial charge in [-0.1, -0.05) is 31.9 Å². The fourth-order valence-electron chi connectivity index (χ4n) is 2.06. The zero-order valence-electron chi connectivity index (χ0n) is 13.6. The van der Waals surface area contributed by atoms with Crippen molar-refractivity contribution in [3.63, 3.8) is 0 Å². The Kier molecular flexibility index (Phi) is 7.23. The van der Waals surface area contributed by atoms with E-state index in [9.17, 15) is 4.79 Å². The highest BCUT2D eigenvalue weighted by molar-refractivity contribution is 5.80. The molecular formula is C17H28N2O2. The third-order valence-corrected chi connectivity index (χ3v) is 3.48. The van der Waals surface area contributed by atoms with Crippen LogP contribution in [0.25, 0.3) is 0 Å². The number of amides is 1. The van der Waals surface area contributed by atoms with Gasteiger partial charge in [0.1, 0.15) is 5.75 Å². The van der Waals surface area contributed by atoms with E-state index in [-0.39, 0.29) is 11.9 Å². The average Bonchev–Trinajstić information content (AvgIpc) is 2.45. The quantitative estimate of drug-likeness (QED) is 0.724. The van der Waals surface area contributed by atoms with Crippen LogP contribution in [0.3, 0.4) is 0 Å². The molecule has 0 bridgehead atoms. The number of unbranched alkanes of at least 4 members (excludes halogenated alkanes) is 2. The highest BCUT2D eigenvalue weighted by Crippen LogP contribution is 2.22. The minimum Gasteiger partial charge on any atom is -0.481 e. The molecule has 118 valence electrons. The molecule has 21 heavy (non-hydrogen) atoms. The monoisotopic (exact) mass is 292 g/mol. The van der Waals surface area contributed by atoms with Gasteiger partial charge in [-0.2, -0.15) is 0 Å². The summed E-state index contributed by atoms with van der Waals surface area (Å²) in [6, 6.07) is 5.83. The van der Waals surface area contributed by atoms with Crippen molar-refractivity contribution in [1.29, 1.82) is 0 Å². The Labute approximate surface area is 128 Å². The number of aryl methyl sites for hydroxylation is 1. The van der Waals surface area contributed by atoms with Gasteiger partial charge in [-0.05, 0) is 44.4 Å². The fraction of sp³-hybridized carbons (Fsp3) is 0.588. The van der Waals surface area contributed by atoms with Gasteiger partial charge in [0.05, 0.1) is 0 Å². The lowest BCUT2D eigenvalue weighted by Crippen LogP contribution is -2.36. The van der Waals surface area contributed by atoms with Crippen LogP contribution in [-0.2, 0) is 4.79 Å². The summed E-state index contributed by atoms with van der Waals surface area (Å²) in [5.74, 6) is 0.664. The number of hydrogen-bond acceptors (Lipinski definition) is 3. The lowest BCUT2D eigenvalue weighted by molar-refractivity contribution is -0.127. The van der Waals surface area contributed by atoms with Crippen molar-refractivity contribution in [2.45, 2.75) is 59.1 Å². The number of benzene rings is 1. The summed E-state index contributed by atoms with van der Waals surface area (Å²) >= 11 is 0. The van der Waals surface area contributed by atoms with E-state index in [4.69, 9.17) is 10.5 Å². The van der Waals surface area contributed by atoms with Gasteiger partial charge in [0.15, 0.2) is 6.10 Å². The smallest absolute Gasteiger partial charge is 0.260 e. The molecule has 0 radical (unpaired) electrons. The lowest BCUT2D eigenvalue weighted by Gasteiger charge is -2.17. The molecule has 0 aromatic heterocycles. The maximum Gasteiger partial charge on any atom is 0.260 e. The molecule has 3 N–H and O–H groups in total. The topological polar surface area (TPSA) is 64.3 Å². The number of ether oxygens (including phenoxy) is 1. The van der Waals surface area contributed by atoms with Gasteiger partial charge in [-0.15, -0.1) is 0 Å². The van der Waals surface area contributed by atoms with Crippen LogP contribution in [0.1, 0.15) is 57.2 Å². The van der Waals surface area contributed by atoms with Crippen LogP contribution in [-0.4, -0.2) is 18.6 Å². The molecule has 4 heteroatoms. The molecule has 0 aliphatic heterocycles. The Morgan fingerprint density at radius 3 is 2.62 bits per heavy atom. The van der Waals surface area contributed by atoms with Crippen LogP contribution in [0.5, 0.6) is 5.75 Å². The fourth-order valence-corrected chi connectivity index (χ4v) is 2.06. The molecule has 0 saturated carbocycles. The first kappa shape index (κ1) is 17.5. The maximum absolute atomic E-state index is 11.9. The van der Waals surface area contributed by atoms with Gasteiger partial charge in [-0.25, -0.2) is 0 Å². The van der Waals surface area contributed by atoms with Crippen LogP contribution in [0.15, 0.2) is 18.2 Å². The Morgan fingerprint density at radius 2 is 2.05 bits per heavy atom. The number of nitrogens with two attached hydrogens (primary N) is 1. The second kappa shape index (κ2) is 8.67. The summed E-state index contributed by atoms with van der Waals surface area (Å²) in [7, 11) is 0. The van der Waals surface area contributed by atoms with Crippen molar-refractivity contribution in [2.75, 3.05) is 6.54 Å². The van der Waals surface area contributed by atoms with Gasteiger partial charge in [0.25, 0.3) is 5.91 Å². The predicted molar refractivity (Wildman–Crippen MR) is 86.4 cm³/mol. The molecule has 4 nitrogen and oxygen atoms in total. The van der Waals surface area contributed by atoms with E-state index in [2.05, 4.69) is 12.2 Å². The largest absolute Gasteiger partial charge is 0.481 e. The van der Waals surface area contributed by atoms with Gasteiger partial charge >= 0.3 is 0 Å². The summed E-state index contributed by atoms with van der Waals surface area (Å²) in [6.07, 6.45) is 2.80. The van der Waals surface area contributed by atoms with E-state index >= 15 is 0 Å². The molecule has 0 saturated heterocycles. The number of carbonyl (C=O) groups is 1. The van der Waals surface area contributed by atoms with E-state index in [0.29, 0.717) is 6.54 Å². The lowest BCUT2D eigenvalue weighted by atomic mass is 10.1. The normalized spacial score (nSPS) is 13.6. The Morgan fingerprint density at radius 1 is 1.33 bits per heavy atom.